The third-order valence-electron chi connectivity index (χ3n) is 3.83. The first-order valence-electron chi connectivity index (χ1n) is 8.23. The van der Waals surface area contributed by atoms with Crippen LogP contribution in [0.1, 0.15) is 11.5 Å². The summed E-state index contributed by atoms with van der Waals surface area (Å²) in [6.45, 7) is 1.10. The maximum Gasteiger partial charge on any atom is 0.191 e. The Morgan fingerprint density at radius 2 is 1.88 bits per heavy atom. The molecule has 0 bridgehead atoms. The number of fused-ring (bicyclic) bond motifs is 1. The summed E-state index contributed by atoms with van der Waals surface area (Å²) >= 11 is 1.63. The lowest BCUT2D eigenvalue weighted by Crippen LogP contribution is -2.36. The molecule has 2 N–H and O–H groups in total. The largest absolute Gasteiger partial charge is 0.467 e. The zero-order valence-corrected chi connectivity index (χ0v) is 15.0. The topological polar surface area (TPSA) is 75.6 Å². The fraction of sp³-hybridized carbons (Fsp3) is 0.158. The van der Waals surface area contributed by atoms with E-state index in [1.54, 1.807) is 24.6 Å². The number of aliphatic imine (C=N–C) groups is 1. The molecule has 4 rings (SSSR count). The lowest BCUT2D eigenvalue weighted by molar-refractivity contribution is 0.497. The molecular weight excluding hydrogens is 348 g/mol. The van der Waals surface area contributed by atoms with Crippen LogP contribution in [0, 0.1) is 0 Å². The summed E-state index contributed by atoms with van der Waals surface area (Å²) < 4.78 is 12.4. The summed E-state index contributed by atoms with van der Waals surface area (Å²) in [5.74, 6) is 3.13. The molecule has 3 aromatic heterocycles. The third kappa shape index (κ3) is 3.62. The van der Waals surface area contributed by atoms with Gasteiger partial charge >= 0.3 is 0 Å². The lowest BCUT2D eigenvalue weighted by Gasteiger charge is -2.09. The summed E-state index contributed by atoms with van der Waals surface area (Å²) in [5.41, 5.74) is 0.992. The minimum atomic E-state index is 0.530. The number of rotatable bonds is 5. The summed E-state index contributed by atoms with van der Waals surface area (Å²) in [7, 11) is 1.73. The second-order valence-corrected chi connectivity index (χ2v) is 6.64. The number of hydrogen-bond donors (Lipinski definition) is 2. The number of hydrogen-bond acceptors (Lipinski definition) is 5. The number of nitrogens with zero attached hydrogens (tertiary/aromatic N) is 2. The van der Waals surface area contributed by atoms with Crippen molar-refractivity contribution in [1.82, 2.24) is 15.6 Å². The van der Waals surface area contributed by atoms with Gasteiger partial charge in [0.05, 0.1) is 29.6 Å². The number of thiazole rings is 1. The van der Waals surface area contributed by atoms with Crippen molar-refractivity contribution >= 4 is 27.5 Å². The van der Waals surface area contributed by atoms with E-state index in [2.05, 4.69) is 26.7 Å². The Hall–Kier alpha value is -3.06. The first-order valence-corrected chi connectivity index (χ1v) is 9.05. The Bertz CT molecular complexity index is 984. The predicted octanol–water partition coefficient (Wildman–Crippen LogP) is 4.01. The average Bonchev–Trinajstić information content (AvgIpc) is 3.41. The summed E-state index contributed by atoms with van der Waals surface area (Å²) in [5, 5.41) is 7.30. The molecule has 132 valence electrons. The van der Waals surface area contributed by atoms with Crippen molar-refractivity contribution in [2.24, 2.45) is 4.99 Å². The molecule has 0 unspecified atom stereocenters. The quantitative estimate of drug-likeness (QED) is 0.412. The van der Waals surface area contributed by atoms with Crippen LogP contribution in [0.3, 0.4) is 0 Å². The summed E-state index contributed by atoms with van der Waals surface area (Å²) in [6.07, 6.45) is 1.65. The van der Waals surface area contributed by atoms with Gasteiger partial charge < -0.3 is 19.5 Å². The molecule has 0 amide bonds. The molecule has 0 radical (unpaired) electrons. The second-order valence-electron chi connectivity index (χ2n) is 5.61. The zero-order chi connectivity index (χ0) is 17.8. The van der Waals surface area contributed by atoms with Crippen LogP contribution in [0.5, 0.6) is 0 Å². The van der Waals surface area contributed by atoms with Crippen molar-refractivity contribution in [3.8, 4) is 10.8 Å². The number of nitrogens with one attached hydrogen (secondary N) is 2. The van der Waals surface area contributed by atoms with E-state index in [9.17, 15) is 0 Å². The van der Waals surface area contributed by atoms with Gasteiger partial charge in [-0.3, -0.25) is 4.99 Å². The second kappa shape index (κ2) is 7.45. The maximum atomic E-state index is 5.93. The maximum absolute atomic E-state index is 5.93. The third-order valence-corrected chi connectivity index (χ3v) is 4.88. The summed E-state index contributed by atoms with van der Waals surface area (Å²) in [4.78, 5) is 8.82. The first kappa shape index (κ1) is 16.4. The van der Waals surface area contributed by atoms with Gasteiger partial charge in [-0.1, -0.05) is 12.1 Å². The molecule has 0 aliphatic rings. The minimum absolute atomic E-state index is 0.530. The number of guanidine groups is 1. The molecule has 0 atom stereocenters. The van der Waals surface area contributed by atoms with Crippen LogP contribution < -0.4 is 10.6 Å². The SMILES string of the molecule is CN=C(NCc1ccco1)NCc1ccc(-c2nc3ccccc3s2)o1. The van der Waals surface area contributed by atoms with E-state index >= 15 is 0 Å². The molecule has 0 aliphatic carbocycles. The molecule has 4 aromatic rings. The molecule has 26 heavy (non-hydrogen) atoms. The van der Waals surface area contributed by atoms with Crippen LogP contribution >= 0.6 is 11.3 Å². The van der Waals surface area contributed by atoms with Crippen LogP contribution in [0.2, 0.25) is 0 Å². The number of benzene rings is 1. The van der Waals surface area contributed by atoms with Crippen molar-refractivity contribution in [1.29, 1.82) is 0 Å². The van der Waals surface area contributed by atoms with E-state index < -0.39 is 0 Å². The van der Waals surface area contributed by atoms with Crippen molar-refractivity contribution in [3.05, 3.63) is 66.3 Å². The van der Waals surface area contributed by atoms with Gasteiger partial charge in [0, 0.05) is 7.05 Å². The summed E-state index contributed by atoms with van der Waals surface area (Å²) in [6, 6.07) is 15.8. The number of furan rings is 2. The van der Waals surface area contributed by atoms with Gasteiger partial charge in [0.1, 0.15) is 11.5 Å². The van der Waals surface area contributed by atoms with Crippen molar-refractivity contribution < 1.29 is 8.83 Å². The van der Waals surface area contributed by atoms with Crippen LogP contribution in [0.15, 0.2) is 68.6 Å². The van der Waals surface area contributed by atoms with E-state index in [0.29, 0.717) is 19.0 Å². The van der Waals surface area contributed by atoms with Crippen LogP contribution in [-0.4, -0.2) is 18.0 Å². The van der Waals surface area contributed by atoms with Gasteiger partial charge in [-0.15, -0.1) is 11.3 Å². The molecule has 0 saturated carbocycles. The molecule has 0 spiro atoms. The Morgan fingerprint density at radius 3 is 2.65 bits per heavy atom. The van der Waals surface area contributed by atoms with E-state index in [1.807, 2.05) is 42.5 Å². The van der Waals surface area contributed by atoms with E-state index in [1.165, 1.54) is 0 Å². The van der Waals surface area contributed by atoms with Gasteiger partial charge in [0.2, 0.25) is 0 Å². The smallest absolute Gasteiger partial charge is 0.191 e. The average molecular weight is 366 g/mol. The van der Waals surface area contributed by atoms with Crippen LogP contribution in [-0.2, 0) is 13.1 Å². The number of para-hydroxylation sites is 1. The lowest BCUT2D eigenvalue weighted by atomic mass is 10.3. The highest BCUT2D eigenvalue weighted by Crippen LogP contribution is 2.31. The molecule has 0 aliphatic heterocycles. The fourth-order valence-corrected chi connectivity index (χ4v) is 3.47. The fourth-order valence-electron chi connectivity index (χ4n) is 2.54. The molecule has 0 saturated heterocycles. The highest BCUT2D eigenvalue weighted by molar-refractivity contribution is 7.21. The van der Waals surface area contributed by atoms with E-state index in [0.717, 1.165) is 32.5 Å². The highest BCUT2D eigenvalue weighted by atomic mass is 32.1. The van der Waals surface area contributed by atoms with Gasteiger partial charge in [-0.25, -0.2) is 4.98 Å². The minimum Gasteiger partial charge on any atom is -0.467 e. The molecular formula is C19H18N4O2S. The molecule has 7 heteroatoms. The Kier molecular flexibility index (Phi) is 4.70. The van der Waals surface area contributed by atoms with Gasteiger partial charge in [-0.05, 0) is 36.4 Å². The zero-order valence-electron chi connectivity index (χ0n) is 14.2. The first-order chi connectivity index (χ1) is 12.8. The Labute approximate surface area is 154 Å². The van der Waals surface area contributed by atoms with Crippen molar-refractivity contribution in [2.75, 3.05) is 7.05 Å². The normalized spacial score (nSPS) is 11.8. The Morgan fingerprint density at radius 1 is 1.04 bits per heavy atom. The van der Waals surface area contributed by atoms with Crippen molar-refractivity contribution in [3.63, 3.8) is 0 Å². The molecule has 6 nitrogen and oxygen atoms in total. The van der Waals surface area contributed by atoms with Gasteiger partial charge in [0.25, 0.3) is 0 Å². The Balaban J connectivity index is 1.38. The van der Waals surface area contributed by atoms with E-state index in [4.69, 9.17) is 8.83 Å². The standard InChI is InChI=1S/C19H18N4O2S/c1-20-19(21-11-13-5-4-10-24-13)22-12-14-8-9-16(25-14)18-23-15-6-2-3-7-17(15)26-18/h2-10H,11-12H2,1H3,(H2,20,21,22). The van der Waals surface area contributed by atoms with Crippen LogP contribution in [0.25, 0.3) is 21.0 Å². The highest BCUT2D eigenvalue weighted by Gasteiger charge is 2.10. The van der Waals surface area contributed by atoms with Crippen LogP contribution in [0.4, 0.5) is 0 Å². The van der Waals surface area contributed by atoms with Crippen molar-refractivity contribution in [2.45, 2.75) is 13.1 Å². The number of aromatic nitrogens is 1. The van der Waals surface area contributed by atoms with Gasteiger partial charge in [0.15, 0.2) is 16.7 Å². The molecule has 1 aromatic carbocycles. The van der Waals surface area contributed by atoms with Gasteiger partial charge in [-0.2, -0.15) is 0 Å². The monoisotopic (exact) mass is 366 g/mol. The molecule has 0 fully saturated rings. The molecule has 3 heterocycles. The predicted molar refractivity (Wildman–Crippen MR) is 103 cm³/mol. The van der Waals surface area contributed by atoms with E-state index in [-0.39, 0.29) is 0 Å².